The Balaban J connectivity index is 2.23. The third kappa shape index (κ3) is 2.65. The summed E-state index contributed by atoms with van der Waals surface area (Å²) in [6.07, 6.45) is 0. The first-order valence-corrected chi connectivity index (χ1v) is 5.48. The monoisotopic (exact) mass is 251 g/mol. The zero-order chi connectivity index (χ0) is 12.3. The fourth-order valence-corrected chi connectivity index (χ4v) is 1.46. The van der Waals surface area contributed by atoms with Gasteiger partial charge in [-0.1, -0.05) is 28.9 Å². The van der Waals surface area contributed by atoms with Crippen molar-refractivity contribution in [2.45, 2.75) is 6.92 Å². The maximum atomic E-state index is 11.4. The van der Waals surface area contributed by atoms with Crippen molar-refractivity contribution in [3.63, 3.8) is 0 Å². The van der Waals surface area contributed by atoms with E-state index in [2.05, 4.69) is 5.16 Å². The lowest BCUT2D eigenvalue weighted by molar-refractivity contribution is 0.0480. The molecule has 0 radical (unpaired) electrons. The largest absolute Gasteiger partial charge is 0.460 e. The van der Waals surface area contributed by atoms with Gasteiger partial charge in [0.2, 0.25) is 5.76 Å². The lowest BCUT2D eigenvalue weighted by Gasteiger charge is -1.95. The number of carbonyl (C=O) groups excluding carboxylic acids is 1. The summed E-state index contributed by atoms with van der Waals surface area (Å²) in [6, 6.07) is 8.64. The number of nitrogens with zero attached hydrogens (tertiary/aromatic N) is 1. The summed E-state index contributed by atoms with van der Waals surface area (Å²) in [4.78, 5) is 11.4. The van der Waals surface area contributed by atoms with Crippen LogP contribution in [0.3, 0.4) is 0 Å². The second-order valence-corrected chi connectivity index (χ2v) is 3.74. The van der Waals surface area contributed by atoms with Gasteiger partial charge in [0, 0.05) is 16.7 Å². The molecule has 0 fully saturated rings. The highest BCUT2D eigenvalue weighted by atomic mass is 35.5. The Kier molecular flexibility index (Phi) is 3.44. The fourth-order valence-electron chi connectivity index (χ4n) is 1.33. The van der Waals surface area contributed by atoms with Gasteiger partial charge in [0.25, 0.3) is 0 Å². The number of ether oxygens (including phenoxy) is 1. The van der Waals surface area contributed by atoms with Crippen LogP contribution in [0.15, 0.2) is 34.9 Å². The number of rotatable bonds is 3. The van der Waals surface area contributed by atoms with Gasteiger partial charge in [0.1, 0.15) is 5.69 Å². The van der Waals surface area contributed by atoms with Gasteiger partial charge in [0.05, 0.1) is 6.61 Å². The van der Waals surface area contributed by atoms with Crippen LogP contribution in [0.4, 0.5) is 0 Å². The van der Waals surface area contributed by atoms with Crippen molar-refractivity contribution in [1.82, 2.24) is 5.16 Å². The molecule has 2 rings (SSSR count). The molecule has 1 heterocycles. The van der Waals surface area contributed by atoms with Gasteiger partial charge >= 0.3 is 5.97 Å². The third-order valence-corrected chi connectivity index (χ3v) is 2.38. The number of hydrogen-bond donors (Lipinski definition) is 0. The molecule has 0 unspecified atom stereocenters. The van der Waals surface area contributed by atoms with E-state index >= 15 is 0 Å². The molecule has 4 nitrogen and oxygen atoms in total. The molecule has 0 aliphatic rings. The maximum Gasteiger partial charge on any atom is 0.377 e. The normalized spacial score (nSPS) is 10.2. The lowest BCUT2D eigenvalue weighted by atomic mass is 10.1. The number of esters is 1. The van der Waals surface area contributed by atoms with Crippen LogP contribution < -0.4 is 0 Å². The van der Waals surface area contributed by atoms with Crippen LogP contribution >= 0.6 is 11.6 Å². The number of carbonyl (C=O) groups is 1. The Bertz CT molecular complexity index is 519. The smallest absolute Gasteiger partial charge is 0.377 e. The van der Waals surface area contributed by atoms with Gasteiger partial charge in [-0.3, -0.25) is 0 Å². The summed E-state index contributed by atoms with van der Waals surface area (Å²) < 4.78 is 9.71. The van der Waals surface area contributed by atoms with E-state index in [-0.39, 0.29) is 5.76 Å². The van der Waals surface area contributed by atoms with E-state index in [4.69, 9.17) is 20.9 Å². The topological polar surface area (TPSA) is 52.3 Å². The summed E-state index contributed by atoms with van der Waals surface area (Å²) in [5.41, 5.74) is 1.40. The summed E-state index contributed by atoms with van der Waals surface area (Å²) in [6.45, 7) is 2.03. The molecule has 88 valence electrons. The molecule has 0 aliphatic heterocycles. The lowest BCUT2D eigenvalue weighted by Crippen LogP contribution is -2.02. The van der Waals surface area contributed by atoms with Gasteiger partial charge in [-0.2, -0.15) is 0 Å². The number of halogens is 1. The highest BCUT2D eigenvalue weighted by Crippen LogP contribution is 2.21. The highest BCUT2D eigenvalue weighted by Gasteiger charge is 2.14. The minimum absolute atomic E-state index is 0.0943. The quantitative estimate of drug-likeness (QED) is 0.787. The van der Waals surface area contributed by atoms with E-state index in [1.807, 2.05) is 0 Å². The summed E-state index contributed by atoms with van der Waals surface area (Å²) >= 11 is 5.78. The molecule has 1 aromatic carbocycles. The van der Waals surface area contributed by atoms with Gasteiger partial charge in [-0.15, -0.1) is 0 Å². The molecular weight excluding hydrogens is 242 g/mol. The second kappa shape index (κ2) is 5.01. The van der Waals surface area contributed by atoms with Crippen LogP contribution in [0.5, 0.6) is 0 Å². The van der Waals surface area contributed by atoms with E-state index in [1.165, 1.54) is 0 Å². The number of hydrogen-bond acceptors (Lipinski definition) is 4. The first kappa shape index (κ1) is 11.7. The number of aromatic nitrogens is 1. The van der Waals surface area contributed by atoms with Crippen LogP contribution in [0.2, 0.25) is 5.02 Å². The standard InChI is InChI=1S/C12H10ClNO3/c1-2-16-12(15)11-7-10(14-17-11)8-3-5-9(13)6-4-8/h3-7H,2H2,1H3. The van der Waals surface area contributed by atoms with Crippen molar-refractivity contribution in [2.75, 3.05) is 6.61 Å². The Morgan fingerprint density at radius 2 is 2.12 bits per heavy atom. The number of benzene rings is 1. The average Bonchev–Trinajstić information content (AvgIpc) is 2.80. The first-order valence-electron chi connectivity index (χ1n) is 5.10. The van der Waals surface area contributed by atoms with E-state index < -0.39 is 5.97 Å². The van der Waals surface area contributed by atoms with Crippen molar-refractivity contribution in [3.05, 3.63) is 41.1 Å². The van der Waals surface area contributed by atoms with E-state index in [1.54, 1.807) is 37.3 Å². The molecule has 5 heteroatoms. The molecule has 0 atom stereocenters. The molecule has 0 amide bonds. The fraction of sp³-hybridized carbons (Fsp3) is 0.167. The van der Waals surface area contributed by atoms with Crippen molar-refractivity contribution in [1.29, 1.82) is 0 Å². The molecule has 17 heavy (non-hydrogen) atoms. The van der Waals surface area contributed by atoms with Gasteiger partial charge in [-0.25, -0.2) is 4.79 Å². The molecule has 0 saturated carbocycles. The molecule has 0 spiro atoms. The molecule has 1 aromatic heterocycles. The predicted molar refractivity (Wildman–Crippen MR) is 62.9 cm³/mol. The zero-order valence-electron chi connectivity index (χ0n) is 9.14. The molecular formula is C12H10ClNO3. The molecule has 0 N–H and O–H groups in total. The first-order chi connectivity index (χ1) is 8.20. The zero-order valence-corrected chi connectivity index (χ0v) is 9.90. The van der Waals surface area contributed by atoms with E-state index in [0.29, 0.717) is 17.3 Å². The Morgan fingerprint density at radius 3 is 2.76 bits per heavy atom. The van der Waals surface area contributed by atoms with Gasteiger partial charge in [-0.05, 0) is 19.1 Å². The molecule has 0 bridgehead atoms. The van der Waals surface area contributed by atoms with Crippen LogP contribution in [0.25, 0.3) is 11.3 Å². The van der Waals surface area contributed by atoms with Crippen LogP contribution in [-0.2, 0) is 4.74 Å². The minimum atomic E-state index is -0.514. The van der Waals surface area contributed by atoms with Gasteiger partial charge in [0.15, 0.2) is 0 Å². The SMILES string of the molecule is CCOC(=O)c1cc(-c2ccc(Cl)cc2)no1. The van der Waals surface area contributed by atoms with E-state index in [0.717, 1.165) is 5.56 Å². The van der Waals surface area contributed by atoms with Crippen molar-refractivity contribution in [2.24, 2.45) is 0 Å². The van der Waals surface area contributed by atoms with Crippen molar-refractivity contribution in [3.8, 4) is 11.3 Å². The Morgan fingerprint density at radius 1 is 1.41 bits per heavy atom. The summed E-state index contributed by atoms with van der Waals surface area (Å²) in [7, 11) is 0. The third-order valence-electron chi connectivity index (χ3n) is 2.13. The molecule has 2 aromatic rings. The van der Waals surface area contributed by atoms with E-state index in [9.17, 15) is 4.79 Å². The minimum Gasteiger partial charge on any atom is -0.460 e. The van der Waals surface area contributed by atoms with Gasteiger partial charge < -0.3 is 9.26 Å². The summed E-state index contributed by atoms with van der Waals surface area (Å²) in [5, 5.41) is 4.44. The van der Waals surface area contributed by atoms with Crippen molar-refractivity contribution >= 4 is 17.6 Å². The Hall–Kier alpha value is -1.81. The van der Waals surface area contributed by atoms with Crippen molar-refractivity contribution < 1.29 is 14.1 Å². The van der Waals surface area contributed by atoms with Crippen LogP contribution in [-0.4, -0.2) is 17.7 Å². The summed E-state index contributed by atoms with van der Waals surface area (Å²) in [5.74, 6) is -0.419. The second-order valence-electron chi connectivity index (χ2n) is 3.30. The predicted octanol–water partition coefficient (Wildman–Crippen LogP) is 3.17. The highest BCUT2D eigenvalue weighted by molar-refractivity contribution is 6.30. The van der Waals surface area contributed by atoms with Crippen LogP contribution in [0.1, 0.15) is 17.5 Å². The maximum absolute atomic E-state index is 11.4. The van der Waals surface area contributed by atoms with Crippen LogP contribution in [0, 0.1) is 0 Å². The average molecular weight is 252 g/mol. The molecule has 0 aliphatic carbocycles. The molecule has 0 saturated heterocycles. The Labute approximate surface area is 103 Å².